The van der Waals surface area contributed by atoms with Crippen molar-refractivity contribution in [2.24, 2.45) is 0 Å². The molecule has 3 nitrogen and oxygen atoms in total. The Labute approximate surface area is 131 Å². The van der Waals surface area contributed by atoms with Crippen LogP contribution in [0.2, 0.25) is 0 Å². The Morgan fingerprint density at radius 1 is 1.14 bits per heavy atom. The first-order chi connectivity index (χ1) is 10.2. The number of anilines is 1. The molecule has 0 spiro atoms. The summed E-state index contributed by atoms with van der Waals surface area (Å²) in [5.74, 6) is 1.21. The molecule has 2 aromatic carbocycles. The number of thiocarbonyl (C=S) groups is 1. The van der Waals surface area contributed by atoms with Gasteiger partial charge in [-0.15, -0.1) is 0 Å². The fourth-order valence-electron chi connectivity index (χ4n) is 2.02. The SMILES string of the molecule is COc1cccc(NC(=S)NC[C@H](C)c2ccccc2)c1. The quantitative estimate of drug-likeness (QED) is 0.823. The van der Waals surface area contributed by atoms with Crippen molar-refractivity contribution in [1.82, 2.24) is 5.32 Å². The fraction of sp³-hybridized carbons (Fsp3) is 0.235. The minimum absolute atomic E-state index is 0.399. The Balaban J connectivity index is 1.84. The molecule has 0 radical (unpaired) electrons. The van der Waals surface area contributed by atoms with Crippen LogP contribution in [0.5, 0.6) is 5.75 Å². The number of ether oxygens (including phenoxy) is 1. The number of rotatable bonds is 5. The number of hydrogen-bond acceptors (Lipinski definition) is 2. The van der Waals surface area contributed by atoms with Gasteiger partial charge >= 0.3 is 0 Å². The maximum Gasteiger partial charge on any atom is 0.170 e. The molecule has 0 aliphatic carbocycles. The summed E-state index contributed by atoms with van der Waals surface area (Å²) in [5, 5.41) is 7.03. The van der Waals surface area contributed by atoms with Crippen LogP contribution in [0.1, 0.15) is 18.4 Å². The van der Waals surface area contributed by atoms with Crippen molar-refractivity contribution in [3.63, 3.8) is 0 Å². The molecule has 0 bridgehead atoms. The summed E-state index contributed by atoms with van der Waals surface area (Å²) in [6, 6.07) is 18.1. The molecule has 4 heteroatoms. The van der Waals surface area contributed by atoms with E-state index in [2.05, 4.69) is 41.8 Å². The van der Waals surface area contributed by atoms with Gasteiger partial charge in [0.05, 0.1) is 7.11 Å². The second-order valence-corrected chi connectivity index (χ2v) is 5.29. The monoisotopic (exact) mass is 300 g/mol. The van der Waals surface area contributed by atoms with Gasteiger partial charge < -0.3 is 15.4 Å². The largest absolute Gasteiger partial charge is 0.497 e. The van der Waals surface area contributed by atoms with E-state index in [1.54, 1.807) is 7.11 Å². The van der Waals surface area contributed by atoms with Crippen LogP contribution < -0.4 is 15.4 Å². The zero-order valence-electron chi connectivity index (χ0n) is 12.3. The lowest BCUT2D eigenvalue weighted by Gasteiger charge is -2.15. The molecule has 0 saturated heterocycles. The zero-order chi connectivity index (χ0) is 15.1. The summed E-state index contributed by atoms with van der Waals surface area (Å²) in [6.45, 7) is 2.97. The van der Waals surface area contributed by atoms with Gasteiger partial charge in [-0.05, 0) is 35.8 Å². The van der Waals surface area contributed by atoms with E-state index in [4.69, 9.17) is 17.0 Å². The van der Waals surface area contributed by atoms with Gasteiger partial charge in [0, 0.05) is 18.3 Å². The van der Waals surface area contributed by atoms with Crippen LogP contribution in [0.25, 0.3) is 0 Å². The standard InChI is InChI=1S/C17H20N2OS/c1-13(14-7-4-3-5-8-14)12-18-17(21)19-15-9-6-10-16(11-15)20-2/h3-11,13H,12H2,1-2H3,(H2,18,19,21)/t13-/m0/s1. The summed E-state index contributed by atoms with van der Waals surface area (Å²) in [5.41, 5.74) is 2.22. The number of methoxy groups -OCH3 is 1. The van der Waals surface area contributed by atoms with E-state index >= 15 is 0 Å². The maximum atomic E-state index is 5.32. The molecule has 2 rings (SSSR count). The molecule has 0 fully saturated rings. The lowest BCUT2D eigenvalue weighted by atomic mass is 10.0. The molecule has 2 aromatic rings. The Morgan fingerprint density at radius 2 is 1.90 bits per heavy atom. The van der Waals surface area contributed by atoms with Crippen molar-refractivity contribution >= 4 is 23.0 Å². The van der Waals surface area contributed by atoms with Gasteiger partial charge in [0.1, 0.15) is 5.75 Å². The molecule has 0 amide bonds. The minimum atomic E-state index is 0.399. The maximum absolute atomic E-state index is 5.32. The highest BCUT2D eigenvalue weighted by Gasteiger charge is 2.06. The van der Waals surface area contributed by atoms with E-state index in [9.17, 15) is 0 Å². The molecular formula is C17H20N2OS. The van der Waals surface area contributed by atoms with Crippen LogP contribution in [0, 0.1) is 0 Å². The molecule has 0 unspecified atom stereocenters. The van der Waals surface area contributed by atoms with Gasteiger partial charge in [0.2, 0.25) is 0 Å². The summed E-state index contributed by atoms with van der Waals surface area (Å²) >= 11 is 5.32. The first-order valence-electron chi connectivity index (χ1n) is 6.93. The summed E-state index contributed by atoms with van der Waals surface area (Å²) < 4.78 is 5.19. The van der Waals surface area contributed by atoms with E-state index in [1.807, 2.05) is 30.3 Å². The summed E-state index contributed by atoms with van der Waals surface area (Å²) in [6.07, 6.45) is 0. The molecule has 2 N–H and O–H groups in total. The smallest absolute Gasteiger partial charge is 0.170 e. The second kappa shape index (κ2) is 7.64. The Hall–Kier alpha value is -2.07. The van der Waals surface area contributed by atoms with E-state index in [-0.39, 0.29) is 0 Å². The number of benzene rings is 2. The first kappa shape index (κ1) is 15.3. The van der Waals surface area contributed by atoms with Gasteiger partial charge in [-0.1, -0.05) is 43.3 Å². The second-order valence-electron chi connectivity index (χ2n) is 4.88. The third-order valence-corrected chi connectivity index (χ3v) is 3.51. The summed E-state index contributed by atoms with van der Waals surface area (Å²) in [7, 11) is 1.65. The van der Waals surface area contributed by atoms with Crippen LogP contribution in [-0.4, -0.2) is 18.8 Å². The first-order valence-corrected chi connectivity index (χ1v) is 7.33. The molecular weight excluding hydrogens is 280 g/mol. The predicted molar refractivity (Wildman–Crippen MR) is 92.1 cm³/mol. The van der Waals surface area contributed by atoms with Crippen LogP contribution in [0.15, 0.2) is 54.6 Å². The Bertz CT molecular complexity index is 586. The average Bonchev–Trinajstić information content (AvgIpc) is 2.53. The summed E-state index contributed by atoms with van der Waals surface area (Å²) in [4.78, 5) is 0. The number of hydrogen-bond donors (Lipinski definition) is 2. The van der Waals surface area contributed by atoms with E-state index in [0.29, 0.717) is 11.0 Å². The zero-order valence-corrected chi connectivity index (χ0v) is 13.1. The topological polar surface area (TPSA) is 33.3 Å². The highest BCUT2D eigenvalue weighted by Crippen LogP contribution is 2.17. The van der Waals surface area contributed by atoms with Crippen LogP contribution in [0.3, 0.4) is 0 Å². The van der Waals surface area contributed by atoms with Crippen molar-refractivity contribution in [3.05, 3.63) is 60.2 Å². The van der Waals surface area contributed by atoms with E-state index in [1.165, 1.54) is 5.56 Å². The van der Waals surface area contributed by atoms with Crippen molar-refractivity contribution < 1.29 is 4.74 Å². The van der Waals surface area contributed by atoms with Gasteiger partial charge in [-0.3, -0.25) is 0 Å². The van der Waals surface area contributed by atoms with Crippen molar-refractivity contribution in [3.8, 4) is 5.75 Å². The number of nitrogens with one attached hydrogen (secondary N) is 2. The molecule has 0 aliphatic heterocycles. The van der Waals surface area contributed by atoms with E-state index < -0.39 is 0 Å². The lowest BCUT2D eigenvalue weighted by molar-refractivity contribution is 0.415. The van der Waals surface area contributed by atoms with Gasteiger partial charge in [-0.25, -0.2) is 0 Å². The molecule has 110 valence electrons. The van der Waals surface area contributed by atoms with Crippen molar-refractivity contribution in [1.29, 1.82) is 0 Å². The minimum Gasteiger partial charge on any atom is -0.497 e. The average molecular weight is 300 g/mol. The normalized spacial score (nSPS) is 11.5. The van der Waals surface area contributed by atoms with Gasteiger partial charge in [0.25, 0.3) is 0 Å². The van der Waals surface area contributed by atoms with Crippen molar-refractivity contribution in [2.45, 2.75) is 12.8 Å². The predicted octanol–water partition coefficient (Wildman–Crippen LogP) is 3.79. The van der Waals surface area contributed by atoms with Crippen molar-refractivity contribution in [2.75, 3.05) is 19.0 Å². The molecule has 21 heavy (non-hydrogen) atoms. The Kier molecular flexibility index (Phi) is 5.58. The van der Waals surface area contributed by atoms with Crippen LogP contribution in [-0.2, 0) is 0 Å². The molecule has 0 heterocycles. The fourth-order valence-corrected chi connectivity index (χ4v) is 2.22. The molecule has 0 aromatic heterocycles. The van der Waals surface area contributed by atoms with Gasteiger partial charge in [0.15, 0.2) is 5.11 Å². The highest BCUT2D eigenvalue weighted by atomic mass is 32.1. The van der Waals surface area contributed by atoms with E-state index in [0.717, 1.165) is 18.0 Å². The third-order valence-electron chi connectivity index (χ3n) is 3.27. The highest BCUT2D eigenvalue weighted by molar-refractivity contribution is 7.80. The van der Waals surface area contributed by atoms with Crippen LogP contribution in [0.4, 0.5) is 5.69 Å². The lowest BCUT2D eigenvalue weighted by Crippen LogP contribution is -2.31. The Morgan fingerprint density at radius 3 is 2.62 bits per heavy atom. The molecule has 0 aliphatic rings. The molecule has 0 saturated carbocycles. The van der Waals surface area contributed by atoms with Crippen LogP contribution >= 0.6 is 12.2 Å². The van der Waals surface area contributed by atoms with Gasteiger partial charge in [-0.2, -0.15) is 0 Å². The third kappa shape index (κ3) is 4.76. The molecule has 1 atom stereocenters.